The molecule has 5 rings (SSSR count). The molecule has 3 heterocycles. The largest absolute Gasteiger partial charge is 0.573 e. The van der Waals surface area contributed by atoms with Crippen molar-refractivity contribution in [3.05, 3.63) is 53.6 Å². The Morgan fingerprint density at radius 3 is 2.44 bits per heavy atom. The highest BCUT2D eigenvalue weighted by Crippen LogP contribution is 2.28. The molecule has 0 saturated carbocycles. The second kappa shape index (κ2) is 11.1. The number of nitrogens with one attached hydrogen (secondary N) is 2. The molecule has 0 radical (unpaired) electrons. The molecule has 2 saturated heterocycles. The molecular formula is C25H26F4N6O4. The zero-order valence-corrected chi connectivity index (χ0v) is 20.7. The van der Waals surface area contributed by atoms with Crippen molar-refractivity contribution in [1.82, 2.24) is 30.5 Å². The predicted octanol–water partition coefficient (Wildman–Crippen LogP) is 2.95. The molecule has 39 heavy (non-hydrogen) atoms. The number of fused-ring (bicyclic) bond motifs is 1. The van der Waals surface area contributed by atoms with E-state index in [1.165, 1.54) is 0 Å². The molecule has 2 aliphatic rings. The Morgan fingerprint density at radius 2 is 1.72 bits per heavy atom. The highest BCUT2D eigenvalue weighted by molar-refractivity contribution is 5.97. The fourth-order valence-corrected chi connectivity index (χ4v) is 5.00. The second-order valence-electron chi connectivity index (χ2n) is 9.38. The van der Waals surface area contributed by atoms with E-state index in [1.54, 1.807) is 23.1 Å². The first-order valence-electron chi connectivity index (χ1n) is 12.4. The van der Waals surface area contributed by atoms with Gasteiger partial charge >= 0.3 is 12.3 Å². The van der Waals surface area contributed by atoms with Crippen molar-refractivity contribution in [1.29, 1.82) is 0 Å². The third-order valence-electron chi connectivity index (χ3n) is 6.94. The van der Waals surface area contributed by atoms with Crippen LogP contribution in [0.3, 0.4) is 0 Å². The first-order chi connectivity index (χ1) is 18.7. The molecule has 1 aromatic heterocycles. The number of carbonyl (C=O) groups excluding carboxylic acids is 2. The fourth-order valence-electron chi connectivity index (χ4n) is 5.00. The van der Waals surface area contributed by atoms with Gasteiger partial charge in [0.15, 0.2) is 0 Å². The number of likely N-dealkylation sites (tertiary alicyclic amines) is 1. The van der Waals surface area contributed by atoms with Gasteiger partial charge in [0, 0.05) is 49.9 Å². The van der Waals surface area contributed by atoms with Gasteiger partial charge in [-0.2, -0.15) is 19.8 Å². The first-order valence-corrected chi connectivity index (χ1v) is 12.4. The average Bonchev–Trinajstić information content (AvgIpc) is 3.40. The predicted molar refractivity (Wildman–Crippen MR) is 129 cm³/mol. The van der Waals surface area contributed by atoms with Crippen molar-refractivity contribution in [3.8, 4) is 5.75 Å². The van der Waals surface area contributed by atoms with E-state index >= 15 is 0 Å². The minimum Gasteiger partial charge on any atom is -0.425 e. The minimum atomic E-state index is -4.87. The van der Waals surface area contributed by atoms with E-state index < -0.39 is 30.5 Å². The van der Waals surface area contributed by atoms with Gasteiger partial charge in [-0.05, 0) is 55.3 Å². The Hall–Kier alpha value is -3.78. The number of esters is 1. The number of alkyl halides is 4. The van der Waals surface area contributed by atoms with Crippen molar-refractivity contribution >= 4 is 22.9 Å². The third kappa shape index (κ3) is 6.28. The van der Waals surface area contributed by atoms with Crippen LogP contribution in [0, 0.1) is 0 Å². The van der Waals surface area contributed by atoms with Crippen LogP contribution < -0.4 is 10.1 Å². The number of hydrogen-bond donors (Lipinski definition) is 2. The highest BCUT2D eigenvalue weighted by atomic mass is 19.4. The SMILES string of the molecule is O=C(OC(F)c1ccc(OC(F)(F)F)cc1)C1CNCCN1C1CCN(C(=O)c2ccc3n[nH]nc3c2)CC1. The van der Waals surface area contributed by atoms with Gasteiger partial charge in [-0.3, -0.25) is 14.5 Å². The van der Waals surface area contributed by atoms with Crippen molar-refractivity contribution in [3.63, 3.8) is 0 Å². The average molecular weight is 551 g/mol. The molecule has 1 amide bonds. The van der Waals surface area contributed by atoms with E-state index in [4.69, 9.17) is 4.74 Å². The van der Waals surface area contributed by atoms with Gasteiger partial charge in [-0.1, -0.05) is 0 Å². The van der Waals surface area contributed by atoms with Crippen LogP contribution in [0.2, 0.25) is 0 Å². The van der Waals surface area contributed by atoms with Crippen LogP contribution in [-0.4, -0.2) is 88.3 Å². The van der Waals surface area contributed by atoms with Crippen LogP contribution in [0.4, 0.5) is 17.6 Å². The van der Waals surface area contributed by atoms with E-state index in [9.17, 15) is 27.2 Å². The first kappa shape index (κ1) is 26.8. The summed E-state index contributed by atoms with van der Waals surface area (Å²) >= 11 is 0. The normalized spacial score (nSPS) is 20.1. The molecule has 3 aromatic rings. The van der Waals surface area contributed by atoms with Gasteiger partial charge < -0.3 is 19.7 Å². The molecule has 2 atom stereocenters. The molecule has 14 heteroatoms. The number of nitrogens with zero attached hydrogens (tertiary/aromatic N) is 4. The van der Waals surface area contributed by atoms with E-state index in [-0.39, 0.29) is 24.1 Å². The van der Waals surface area contributed by atoms with Crippen molar-refractivity contribution in [2.45, 2.75) is 37.6 Å². The van der Waals surface area contributed by atoms with Crippen LogP contribution in [0.15, 0.2) is 42.5 Å². The maximum atomic E-state index is 14.8. The van der Waals surface area contributed by atoms with Crippen LogP contribution >= 0.6 is 0 Å². The number of ether oxygens (including phenoxy) is 2. The maximum Gasteiger partial charge on any atom is 0.573 e. The lowest BCUT2D eigenvalue weighted by Crippen LogP contribution is -2.60. The Balaban J connectivity index is 1.17. The fraction of sp³-hybridized carbons (Fsp3) is 0.440. The Labute approximate surface area is 220 Å². The van der Waals surface area contributed by atoms with Gasteiger partial charge in [0.25, 0.3) is 12.3 Å². The van der Waals surface area contributed by atoms with E-state index in [2.05, 4.69) is 25.5 Å². The number of amides is 1. The molecule has 0 spiro atoms. The number of halogens is 4. The van der Waals surface area contributed by atoms with Crippen molar-refractivity contribution in [2.24, 2.45) is 0 Å². The Kier molecular flexibility index (Phi) is 7.66. The minimum absolute atomic E-state index is 0.0106. The molecule has 2 unspecified atom stereocenters. The summed E-state index contributed by atoms with van der Waals surface area (Å²) in [5, 5.41) is 13.7. The molecule has 208 valence electrons. The molecule has 0 aliphatic carbocycles. The maximum absolute atomic E-state index is 14.8. The van der Waals surface area contributed by atoms with Crippen molar-refractivity contribution < 1.29 is 36.6 Å². The lowest BCUT2D eigenvalue weighted by Gasteiger charge is -2.43. The van der Waals surface area contributed by atoms with Crippen LogP contribution in [0.25, 0.3) is 11.0 Å². The standard InChI is InChI=1S/C25H26F4N6O4/c26-22(15-1-4-18(5-2-15)39-25(27,28)29)38-24(37)21-14-30-9-12-35(21)17-7-10-34(11-8-17)23(36)16-3-6-19-20(13-16)32-33-31-19/h1-6,13,17,21-22,30H,7-12,14H2,(H,31,32,33). The molecule has 10 nitrogen and oxygen atoms in total. The lowest BCUT2D eigenvalue weighted by atomic mass is 9.99. The Bertz CT molecular complexity index is 1310. The zero-order valence-electron chi connectivity index (χ0n) is 20.7. The van der Waals surface area contributed by atoms with Crippen LogP contribution in [0.1, 0.15) is 35.1 Å². The van der Waals surface area contributed by atoms with E-state index in [1.807, 2.05) is 4.90 Å². The Morgan fingerprint density at radius 1 is 1.00 bits per heavy atom. The molecule has 0 bridgehead atoms. The highest BCUT2D eigenvalue weighted by Gasteiger charge is 2.38. The summed E-state index contributed by atoms with van der Waals surface area (Å²) < 4.78 is 60.6. The molecule has 2 fully saturated rings. The van der Waals surface area contributed by atoms with Crippen LogP contribution in [0.5, 0.6) is 5.75 Å². The van der Waals surface area contributed by atoms with Gasteiger partial charge in [0.1, 0.15) is 22.8 Å². The van der Waals surface area contributed by atoms with Gasteiger partial charge in [-0.15, -0.1) is 13.2 Å². The molecule has 2 N–H and O–H groups in total. The topological polar surface area (TPSA) is 113 Å². The summed E-state index contributed by atoms with van der Waals surface area (Å²) in [6, 6.07) is 8.44. The number of aromatic amines is 1. The third-order valence-corrected chi connectivity index (χ3v) is 6.94. The molecule has 2 aromatic carbocycles. The smallest absolute Gasteiger partial charge is 0.425 e. The summed E-state index contributed by atoms with van der Waals surface area (Å²) in [7, 11) is 0. The number of H-pyrrole nitrogens is 1. The summed E-state index contributed by atoms with van der Waals surface area (Å²) in [6.45, 7) is 2.43. The molecule has 2 aliphatic heterocycles. The number of piperidine rings is 1. The number of aromatic nitrogens is 3. The number of carbonyl (C=O) groups is 2. The van der Waals surface area contributed by atoms with Gasteiger partial charge in [0.05, 0.1) is 0 Å². The zero-order chi connectivity index (χ0) is 27.6. The quantitative estimate of drug-likeness (QED) is 0.356. The summed E-state index contributed by atoms with van der Waals surface area (Å²) in [4.78, 5) is 29.7. The second-order valence-corrected chi connectivity index (χ2v) is 9.38. The summed E-state index contributed by atoms with van der Waals surface area (Å²) in [5.74, 6) is -1.39. The summed E-state index contributed by atoms with van der Waals surface area (Å²) in [5.41, 5.74) is 1.69. The van der Waals surface area contributed by atoms with Gasteiger partial charge in [-0.25, -0.2) is 0 Å². The number of hydrogen-bond acceptors (Lipinski definition) is 8. The number of benzene rings is 2. The number of piperazine rings is 1. The van der Waals surface area contributed by atoms with Crippen molar-refractivity contribution in [2.75, 3.05) is 32.7 Å². The summed E-state index contributed by atoms with van der Waals surface area (Å²) in [6.07, 6.45) is -5.76. The molecular weight excluding hydrogens is 524 g/mol. The van der Waals surface area contributed by atoms with Crippen LogP contribution in [-0.2, 0) is 9.53 Å². The van der Waals surface area contributed by atoms with E-state index in [0.717, 1.165) is 24.3 Å². The number of rotatable bonds is 6. The van der Waals surface area contributed by atoms with Gasteiger partial charge in [0.2, 0.25) is 0 Å². The van der Waals surface area contributed by atoms with E-state index in [0.29, 0.717) is 55.6 Å². The monoisotopic (exact) mass is 550 g/mol. The lowest BCUT2D eigenvalue weighted by molar-refractivity contribution is -0.274.